The van der Waals surface area contributed by atoms with Crippen LogP contribution in [-0.4, -0.2) is 24.3 Å². The Labute approximate surface area is 97.6 Å². The third kappa shape index (κ3) is 1.75. The van der Waals surface area contributed by atoms with Crippen molar-refractivity contribution in [1.82, 2.24) is 4.72 Å². The molecule has 0 fully saturated rings. The molecule has 86 valence electrons. The second-order valence-corrected chi connectivity index (χ2v) is 6.08. The first-order valence-corrected chi connectivity index (χ1v) is 6.82. The summed E-state index contributed by atoms with van der Waals surface area (Å²) in [5.41, 5.74) is 2.20. The highest BCUT2D eigenvalue weighted by molar-refractivity contribution is 8.11. The zero-order chi connectivity index (χ0) is 11.8. The summed E-state index contributed by atoms with van der Waals surface area (Å²) < 4.78 is 26.4. The molecule has 1 aromatic rings. The molecule has 5 nitrogen and oxygen atoms in total. The maximum atomic E-state index is 12.0. The minimum atomic E-state index is -3.93. The summed E-state index contributed by atoms with van der Waals surface area (Å²) in [6, 6.07) is 6.23. The van der Waals surface area contributed by atoms with Crippen molar-refractivity contribution in [1.29, 1.82) is 0 Å². The largest absolute Gasteiger partial charge is 0.344 e. The predicted octanol–water partition coefficient (Wildman–Crippen LogP) is 0.652. The van der Waals surface area contributed by atoms with Crippen molar-refractivity contribution >= 4 is 27.3 Å². The molecule has 1 unspecified atom stereocenters. The van der Waals surface area contributed by atoms with Gasteiger partial charge >= 0.3 is 5.18 Å². The number of sulfone groups is 1. The lowest BCUT2D eigenvalue weighted by molar-refractivity contribution is 0.130. The van der Waals surface area contributed by atoms with E-state index < -0.39 is 15.0 Å². The molecule has 0 amide bonds. The lowest BCUT2D eigenvalue weighted by Crippen LogP contribution is -2.44. The van der Waals surface area contributed by atoms with E-state index in [2.05, 4.69) is 9.71 Å². The van der Waals surface area contributed by atoms with E-state index in [9.17, 15) is 13.5 Å². The van der Waals surface area contributed by atoms with Crippen molar-refractivity contribution in [2.45, 2.75) is 17.0 Å². The summed E-state index contributed by atoms with van der Waals surface area (Å²) in [6.07, 6.45) is 0. The molecule has 2 rings (SSSR count). The summed E-state index contributed by atoms with van der Waals surface area (Å²) in [4.78, 5) is 3.57. The van der Waals surface area contributed by atoms with Gasteiger partial charge in [0, 0.05) is 0 Å². The number of hydrogen-bond acceptors (Lipinski definition) is 6. The van der Waals surface area contributed by atoms with Crippen LogP contribution in [0.2, 0.25) is 0 Å². The molecule has 0 aliphatic carbocycles. The van der Waals surface area contributed by atoms with Gasteiger partial charge in [-0.05, 0) is 31.0 Å². The van der Waals surface area contributed by atoms with Gasteiger partial charge in [0.25, 0.3) is 0 Å². The molecule has 0 saturated carbocycles. The molecule has 1 aromatic carbocycles. The van der Waals surface area contributed by atoms with E-state index in [-0.39, 0.29) is 4.90 Å². The number of benzene rings is 1. The third-order valence-corrected chi connectivity index (χ3v) is 4.77. The molecule has 0 saturated heterocycles. The molecule has 0 spiro atoms. The van der Waals surface area contributed by atoms with Crippen LogP contribution in [0.25, 0.3) is 0 Å². The van der Waals surface area contributed by atoms with E-state index in [4.69, 9.17) is 0 Å². The second-order valence-electron chi connectivity index (χ2n) is 3.38. The van der Waals surface area contributed by atoms with Crippen molar-refractivity contribution < 1.29 is 13.5 Å². The number of aryl methyl sites for hydroxylation is 1. The Hall–Kier alpha value is -0.890. The zero-order valence-electron chi connectivity index (χ0n) is 8.41. The first-order valence-electron chi connectivity index (χ1n) is 4.46. The summed E-state index contributed by atoms with van der Waals surface area (Å²) >= 11 is 0.935. The molecule has 0 aromatic heterocycles. The summed E-state index contributed by atoms with van der Waals surface area (Å²) in [7, 11) is -3.93. The van der Waals surface area contributed by atoms with Crippen LogP contribution in [0.4, 0.5) is 0 Å². The molecule has 1 atom stereocenters. The zero-order valence-corrected chi connectivity index (χ0v) is 10.0. The SMILES string of the molecule is Cc1ccc(S(=O)(=O)C2(O)N=CSN2)cc1. The highest BCUT2D eigenvalue weighted by Gasteiger charge is 2.45. The van der Waals surface area contributed by atoms with Crippen molar-refractivity contribution in [2.75, 3.05) is 0 Å². The van der Waals surface area contributed by atoms with Gasteiger partial charge in [-0.3, -0.25) is 0 Å². The van der Waals surface area contributed by atoms with Crippen molar-refractivity contribution in [3.8, 4) is 0 Å². The summed E-state index contributed by atoms with van der Waals surface area (Å²) in [5.74, 6) is 0. The fourth-order valence-electron chi connectivity index (χ4n) is 1.23. The Bertz CT molecular complexity index is 524. The Kier molecular flexibility index (Phi) is 2.79. The van der Waals surface area contributed by atoms with Crippen LogP contribution in [0.1, 0.15) is 5.56 Å². The van der Waals surface area contributed by atoms with E-state index >= 15 is 0 Å². The topological polar surface area (TPSA) is 78.8 Å². The number of rotatable bonds is 2. The van der Waals surface area contributed by atoms with Crippen LogP contribution in [0.5, 0.6) is 0 Å². The van der Waals surface area contributed by atoms with Gasteiger partial charge in [0.05, 0.1) is 10.4 Å². The van der Waals surface area contributed by atoms with Crippen molar-refractivity contribution in [3.05, 3.63) is 29.8 Å². The number of aliphatic hydroxyl groups is 1. The Balaban J connectivity index is 2.47. The first kappa shape index (κ1) is 11.6. The Morgan fingerprint density at radius 1 is 1.38 bits per heavy atom. The van der Waals surface area contributed by atoms with E-state index in [1.807, 2.05) is 6.92 Å². The molecule has 7 heteroatoms. The van der Waals surface area contributed by atoms with Crippen LogP contribution in [0.15, 0.2) is 34.2 Å². The fraction of sp³-hybridized carbons (Fsp3) is 0.222. The first-order chi connectivity index (χ1) is 7.46. The van der Waals surface area contributed by atoms with Crippen LogP contribution < -0.4 is 4.72 Å². The van der Waals surface area contributed by atoms with E-state index in [1.54, 1.807) is 12.1 Å². The van der Waals surface area contributed by atoms with Gasteiger partial charge in [-0.1, -0.05) is 17.7 Å². The maximum absolute atomic E-state index is 12.0. The molecule has 1 aliphatic heterocycles. The molecular weight excluding hydrogens is 248 g/mol. The smallest absolute Gasteiger partial charge is 0.334 e. The molecule has 0 bridgehead atoms. The molecule has 1 aliphatic rings. The summed E-state index contributed by atoms with van der Waals surface area (Å²) in [6.45, 7) is 1.85. The third-order valence-electron chi connectivity index (χ3n) is 2.18. The average molecular weight is 258 g/mol. The number of nitrogens with one attached hydrogen (secondary N) is 1. The normalized spacial score (nSPS) is 24.9. The fourth-order valence-corrected chi connectivity index (χ4v) is 3.36. The van der Waals surface area contributed by atoms with Gasteiger partial charge in [0.15, 0.2) is 0 Å². The lowest BCUT2D eigenvalue weighted by Gasteiger charge is -2.18. The van der Waals surface area contributed by atoms with Gasteiger partial charge in [-0.15, -0.1) is 0 Å². The van der Waals surface area contributed by atoms with Crippen LogP contribution in [0.3, 0.4) is 0 Å². The number of nitrogens with zero attached hydrogens (tertiary/aromatic N) is 1. The van der Waals surface area contributed by atoms with Crippen LogP contribution >= 0.6 is 11.9 Å². The summed E-state index contributed by atoms with van der Waals surface area (Å²) in [5, 5.41) is 7.57. The maximum Gasteiger partial charge on any atom is 0.334 e. The van der Waals surface area contributed by atoms with Gasteiger partial charge in [-0.25, -0.2) is 13.4 Å². The minimum Gasteiger partial charge on any atom is -0.344 e. The minimum absolute atomic E-state index is 0.0350. The van der Waals surface area contributed by atoms with Gasteiger partial charge in [-0.2, -0.15) is 4.72 Å². The lowest BCUT2D eigenvalue weighted by atomic mass is 10.2. The van der Waals surface area contributed by atoms with E-state index in [1.165, 1.54) is 17.7 Å². The van der Waals surface area contributed by atoms with Crippen molar-refractivity contribution in [3.63, 3.8) is 0 Å². The van der Waals surface area contributed by atoms with Crippen LogP contribution in [0, 0.1) is 6.92 Å². The molecule has 2 N–H and O–H groups in total. The predicted molar refractivity (Wildman–Crippen MR) is 62.5 cm³/mol. The molecule has 0 radical (unpaired) electrons. The monoisotopic (exact) mass is 258 g/mol. The number of aliphatic imine (C=N–C) groups is 1. The highest BCUT2D eigenvalue weighted by Crippen LogP contribution is 2.27. The Morgan fingerprint density at radius 2 is 2.00 bits per heavy atom. The molecule has 1 heterocycles. The van der Waals surface area contributed by atoms with Gasteiger partial charge in [0.2, 0.25) is 9.84 Å². The van der Waals surface area contributed by atoms with Crippen LogP contribution in [-0.2, 0) is 9.84 Å². The Morgan fingerprint density at radius 3 is 2.50 bits per heavy atom. The van der Waals surface area contributed by atoms with E-state index in [0.29, 0.717) is 0 Å². The molecule has 16 heavy (non-hydrogen) atoms. The highest BCUT2D eigenvalue weighted by atomic mass is 32.2. The van der Waals surface area contributed by atoms with Gasteiger partial charge < -0.3 is 5.11 Å². The van der Waals surface area contributed by atoms with Crippen molar-refractivity contribution in [2.24, 2.45) is 4.99 Å². The van der Waals surface area contributed by atoms with E-state index in [0.717, 1.165) is 17.5 Å². The quantitative estimate of drug-likeness (QED) is 0.762. The second kappa shape index (κ2) is 3.85. The standard InChI is InChI=1S/C9H10N2O3S2/c1-7-2-4-8(5-3-7)16(13,14)9(12)10-6-15-11-9/h2-6,11-12H,1H3. The molecular formula is C9H10N2O3S2. The number of hydrogen-bond donors (Lipinski definition) is 2. The van der Waals surface area contributed by atoms with Gasteiger partial charge in [0.1, 0.15) is 0 Å². The average Bonchev–Trinajstić information content (AvgIpc) is 2.67.